The molecule has 1 heterocycles. The van der Waals surface area contributed by atoms with E-state index in [1.165, 1.54) is 0 Å². The van der Waals surface area contributed by atoms with Crippen molar-refractivity contribution in [2.75, 3.05) is 5.73 Å². The number of benzene rings is 1. The molecule has 0 fully saturated rings. The van der Waals surface area contributed by atoms with Crippen molar-refractivity contribution in [3.05, 3.63) is 47.2 Å². The molecule has 0 spiro atoms. The third-order valence-corrected chi connectivity index (χ3v) is 2.45. The molecular weight excluding hydrogens is 224 g/mol. The predicted octanol–water partition coefficient (Wildman–Crippen LogP) is 3.42. The Morgan fingerprint density at radius 3 is 2.81 bits per heavy atom. The molecule has 1 aromatic carbocycles. The zero-order chi connectivity index (χ0) is 11.5. The molecule has 16 heavy (non-hydrogen) atoms. The third kappa shape index (κ3) is 2.25. The summed E-state index contributed by atoms with van der Waals surface area (Å²) in [5.74, 6) is 1.28. The van der Waals surface area contributed by atoms with E-state index in [0.29, 0.717) is 22.2 Å². The number of nitrogen functional groups attached to an aromatic ring is 1. The second kappa shape index (κ2) is 4.41. The minimum atomic E-state index is 0.476. The van der Waals surface area contributed by atoms with Crippen LogP contribution in [-0.4, -0.2) is 4.98 Å². The lowest BCUT2D eigenvalue weighted by Crippen LogP contribution is -1.91. The minimum Gasteiger partial charge on any atom is -0.455 e. The Kier molecular flexibility index (Phi) is 2.97. The number of nitrogens with two attached hydrogens (primary N) is 1. The molecule has 3 nitrogen and oxygen atoms in total. The van der Waals surface area contributed by atoms with Crippen LogP contribution in [0.3, 0.4) is 0 Å². The average Bonchev–Trinajstić information content (AvgIpc) is 2.27. The van der Waals surface area contributed by atoms with Crippen molar-refractivity contribution in [3.63, 3.8) is 0 Å². The summed E-state index contributed by atoms with van der Waals surface area (Å²) in [5.41, 5.74) is 7.35. The fraction of sp³-hybridized carbons (Fsp3) is 0.0833. The highest BCUT2D eigenvalue weighted by Crippen LogP contribution is 2.31. The maximum atomic E-state index is 5.95. The quantitative estimate of drug-likeness (QED) is 0.810. The van der Waals surface area contributed by atoms with Crippen molar-refractivity contribution in [2.45, 2.75) is 6.92 Å². The van der Waals surface area contributed by atoms with Crippen molar-refractivity contribution < 1.29 is 4.74 Å². The number of hydrogen-bond donors (Lipinski definition) is 1. The second-order valence-electron chi connectivity index (χ2n) is 3.43. The van der Waals surface area contributed by atoms with Crippen molar-refractivity contribution in [3.8, 4) is 11.5 Å². The van der Waals surface area contributed by atoms with Crippen LogP contribution in [0.25, 0.3) is 0 Å². The van der Waals surface area contributed by atoms with Crippen LogP contribution in [-0.2, 0) is 0 Å². The van der Waals surface area contributed by atoms with Gasteiger partial charge in [-0.05, 0) is 18.6 Å². The van der Waals surface area contributed by atoms with E-state index in [4.69, 9.17) is 22.1 Å². The lowest BCUT2D eigenvalue weighted by atomic mass is 10.2. The van der Waals surface area contributed by atoms with Gasteiger partial charge in [0.2, 0.25) is 0 Å². The zero-order valence-electron chi connectivity index (χ0n) is 8.77. The van der Waals surface area contributed by atoms with Crippen LogP contribution in [0.15, 0.2) is 36.7 Å². The molecule has 0 radical (unpaired) electrons. The van der Waals surface area contributed by atoms with Crippen LogP contribution in [0.4, 0.5) is 5.69 Å². The van der Waals surface area contributed by atoms with Crippen LogP contribution < -0.4 is 10.5 Å². The SMILES string of the molecule is Cc1ccc(N)cc1Oc1ccncc1Cl. The number of halogens is 1. The summed E-state index contributed by atoms with van der Waals surface area (Å²) in [6.07, 6.45) is 3.17. The third-order valence-electron chi connectivity index (χ3n) is 2.17. The van der Waals surface area contributed by atoms with E-state index in [0.717, 1.165) is 5.56 Å². The van der Waals surface area contributed by atoms with Crippen molar-refractivity contribution in [2.24, 2.45) is 0 Å². The number of pyridine rings is 1. The normalized spacial score (nSPS) is 10.1. The number of aryl methyl sites for hydroxylation is 1. The number of aromatic nitrogens is 1. The summed E-state index contributed by atoms with van der Waals surface area (Å²) in [5, 5.41) is 0.476. The summed E-state index contributed by atoms with van der Waals surface area (Å²) in [7, 11) is 0. The van der Waals surface area contributed by atoms with Gasteiger partial charge >= 0.3 is 0 Å². The van der Waals surface area contributed by atoms with Gasteiger partial charge < -0.3 is 10.5 Å². The molecule has 0 aliphatic heterocycles. The summed E-state index contributed by atoms with van der Waals surface area (Å²) >= 11 is 5.95. The molecule has 0 aliphatic carbocycles. The van der Waals surface area contributed by atoms with E-state index < -0.39 is 0 Å². The summed E-state index contributed by atoms with van der Waals surface area (Å²) in [6.45, 7) is 1.95. The molecular formula is C12H11ClN2O. The molecule has 0 saturated heterocycles. The molecule has 0 bridgehead atoms. The Morgan fingerprint density at radius 2 is 2.06 bits per heavy atom. The summed E-state index contributed by atoms with van der Waals surface area (Å²) < 4.78 is 5.67. The first-order valence-electron chi connectivity index (χ1n) is 4.80. The van der Waals surface area contributed by atoms with Gasteiger partial charge in [0.05, 0.1) is 0 Å². The van der Waals surface area contributed by atoms with E-state index in [1.807, 2.05) is 19.1 Å². The van der Waals surface area contributed by atoms with Gasteiger partial charge in [0.1, 0.15) is 16.5 Å². The Morgan fingerprint density at radius 1 is 1.25 bits per heavy atom. The van der Waals surface area contributed by atoms with Crippen LogP contribution in [0.2, 0.25) is 5.02 Å². The first-order valence-corrected chi connectivity index (χ1v) is 5.18. The molecule has 0 atom stereocenters. The fourth-order valence-electron chi connectivity index (χ4n) is 1.29. The van der Waals surface area contributed by atoms with Crippen molar-refractivity contribution >= 4 is 17.3 Å². The van der Waals surface area contributed by atoms with Gasteiger partial charge in [-0.2, -0.15) is 0 Å². The van der Waals surface area contributed by atoms with E-state index >= 15 is 0 Å². The first-order chi connectivity index (χ1) is 7.66. The van der Waals surface area contributed by atoms with Gasteiger partial charge in [-0.1, -0.05) is 17.7 Å². The van der Waals surface area contributed by atoms with Gasteiger partial charge in [0, 0.05) is 30.2 Å². The maximum absolute atomic E-state index is 5.95. The van der Waals surface area contributed by atoms with Crippen LogP contribution in [0.1, 0.15) is 5.56 Å². The number of rotatable bonds is 2. The molecule has 0 saturated carbocycles. The minimum absolute atomic E-state index is 0.476. The van der Waals surface area contributed by atoms with Gasteiger partial charge in [-0.3, -0.25) is 4.98 Å². The molecule has 2 rings (SSSR count). The monoisotopic (exact) mass is 234 g/mol. The number of nitrogens with zero attached hydrogens (tertiary/aromatic N) is 1. The first kappa shape index (κ1) is 10.8. The van der Waals surface area contributed by atoms with Crippen molar-refractivity contribution in [1.82, 2.24) is 4.98 Å². The second-order valence-corrected chi connectivity index (χ2v) is 3.84. The largest absolute Gasteiger partial charge is 0.455 e. The molecule has 0 aliphatic rings. The van der Waals surface area contributed by atoms with Gasteiger partial charge in [0.25, 0.3) is 0 Å². The van der Waals surface area contributed by atoms with Crippen LogP contribution in [0, 0.1) is 6.92 Å². The maximum Gasteiger partial charge on any atom is 0.149 e. The van der Waals surface area contributed by atoms with E-state index in [2.05, 4.69) is 4.98 Å². The average molecular weight is 235 g/mol. The molecule has 4 heteroatoms. The van der Waals surface area contributed by atoms with Gasteiger partial charge in [-0.25, -0.2) is 0 Å². The van der Waals surface area contributed by atoms with Gasteiger partial charge in [-0.15, -0.1) is 0 Å². The van der Waals surface area contributed by atoms with E-state index in [1.54, 1.807) is 24.5 Å². The lowest BCUT2D eigenvalue weighted by Gasteiger charge is -2.10. The smallest absolute Gasteiger partial charge is 0.149 e. The highest BCUT2D eigenvalue weighted by molar-refractivity contribution is 6.31. The molecule has 0 unspecified atom stereocenters. The van der Waals surface area contributed by atoms with Crippen LogP contribution >= 0.6 is 11.6 Å². The van der Waals surface area contributed by atoms with E-state index in [9.17, 15) is 0 Å². The summed E-state index contributed by atoms with van der Waals surface area (Å²) in [6, 6.07) is 7.22. The molecule has 1 aromatic heterocycles. The molecule has 2 aromatic rings. The van der Waals surface area contributed by atoms with Crippen molar-refractivity contribution in [1.29, 1.82) is 0 Å². The Labute approximate surface area is 98.8 Å². The topological polar surface area (TPSA) is 48.1 Å². The fourth-order valence-corrected chi connectivity index (χ4v) is 1.45. The number of hydrogen-bond acceptors (Lipinski definition) is 3. The number of ether oxygens (including phenoxy) is 1. The zero-order valence-corrected chi connectivity index (χ0v) is 9.53. The highest BCUT2D eigenvalue weighted by atomic mass is 35.5. The van der Waals surface area contributed by atoms with Crippen LogP contribution in [0.5, 0.6) is 11.5 Å². The molecule has 0 amide bonds. The standard InChI is InChI=1S/C12H11ClN2O/c1-8-2-3-9(14)6-12(8)16-11-4-5-15-7-10(11)13/h2-7H,14H2,1H3. The predicted molar refractivity (Wildman–Crippen MR) is 64.9 cm³/mol. The summed E-state index contributed by atoms with van der Waals surface area (Å²) in [4.78, 5) is 3.89. The Balaban J connectivity index is 2.34. The molecule has 2 N–H and O–H groups in total. The number of anilines is 1. The molecule has 82 valence electrons. The highest BCUT2D eigenvalue weighted by Gasteiger charge is 2.05. The lowest BCUT2D eigenvalue weighted by molar-refractivity contribution is 0.479. The Hall–Kier alpha value is -1.74. The Bertz CT molecular complexity index is 514. The van der Waals surface area contributed by atoms with Gasteiger partial charge in [0.15, 0.2) is 0 Å². The van der Waals surface area contributed by atoms with E-state index in [-0.39, 0.29) is 0 Å².